The Kier molecular flexibility index (Phi) is 9.42. The van der Waals surface area contributed by atoms with Crippen LogP contribution in [0.5, 0.6) is 0 Å². The van der Waals surface area contributed by atoms with Gasteiger partial charge in [-0.2, -0.15) is 0 Å². The molecule has 3 nitrogen and oxygen atoms in total. The SMILES string of the molecule is Cc1cnc(-c2[c-]cccc2)cc1-c1ccccc1.[Ir].[c-]1ccc(-c2ccccc2)cc1-c1ncccn1. The van der Waals surface area contributed by atoms with Crippen LogP contribution in [0.2, 0.25) is 0 Å². The van der Waals surface area contributed by atoms with Gasteiger partial charge in [0.1, 0.15) is 0 Å². The molecular formula is C34H25IrN3-2. The van der Waals surface area contributed by atoms with E-state index < -0.39 is 0 Å². The molecule has 0 aliphatic carbocycles. The van der Waals surface area contributed by atoms with E-state index in [4.69, 9.17) is 0 Å². The Morgan fingerprint density at radius 2 is 1.21 bits per heavy atom. The smallest absolute Gasteiger partial charge is 0.0748 e. The maximum atomic E-state index is 4.50. The Morgan fingerprint density at radius 3 is 1.89 bits per heavy atom. The fourth-order valence-corrected chi connectivity index (χ4v) is 4.00. The van der Waals surface area contributed by atoms with E-state index in [1.165, 1.54) is 22.3 Å². The molecule has 0 saturated carbocycles. The van der Waals surface area contributed by atoms with Crippen molar-refractivity contribution in [1.82, 2.24) is 15.0 Å². The van der Waals surface area contributed by atoms with Crippen LogP contribution >= 0.6 is 0 Å². The predicted octanol–water partition coefficient (Wildman–Crippen LogP) is 8.13. The van der Waals surface area contributed by atoms with Gasteiger partial charge in [-0.3, -0.25) is 9.97 Å². The van der Waals surface area contributed by atoms with Crippen molar-refractivity contribution in [2.45, 2.75) is 6.92 Å². The first-order valence-corrected chi connectivity index (χ1v) is 12.1. The number of hydrogen-bond donors (Lipinski definition) is 0. The van der Waals surface area contributed by atoms with Crippen molar-refractivity contribution < 1.29 is 20.1 Å². The number of aryl methyl sites for hydroxylation is 1. The standard InChI is InChI=1S/C18H14N.C16H11N2.Ir/c1-14-13-19-18(16-10-6-3-7-11-16)12-17(14)15-8-4-2-5-9-15;1-2-6-13(7-3-1)14-8-4-9-15(12-14)16-17-10-5-11-18-16;/h2-10,12-13H,1H3;1-8,10-12H;/q2*-1;. The first kappa shape index (κ1) is 26.8. The van der Waals surface area contributed by atoms with Crippen molar-refractivity contribution in [3.05, 3.63) is 152 Å². The minimum atomic E-state index is 0. The van der Waals surface area contributed by atoms with E-state index in [0.29, 0.717) is 5.82 Å². The zero-order valence-corrected chi connectivity index (χ0v) is 23.3. The summed E-state index contributed by atoms with van der Waals surface area (Å²) in [4.78, 5) is 13.0. The Bertz CT molecular complexity index is 1500. The van der Waals surface area contributed by atoms with Crippen LogP contribution in [0.25, 0.3) is 44.9 Å². The quantitative estimate of drug-likeness (QED) is 0.178. The third kappa shape index (κ3) is 6.74. The van der Waals surface area contributed by atoms with Crippen LogP contribution in [-0.4, -0.2) is 15.0 Å². The summed E-state index contributed by atoms with van der Waals surface area (Å²) in [5.41, 5.74) is 8.87. The third-order valence-corrected chi connectivity index (χ3v) is 5.89. The molecule has 0 amide bonds. The second-order valence-corrected chi connectivity index (χ2v) is 8.46. The number of pyridine rings is 1. The Balaban J connectivity index is 0.000000173. The molecule has 0 N–H and O–H groups in total. The molecule has 6 aromatic rings. The van der Waals surface area contributed by atoms with Crippen LogP contribution in [0.3, 0.4) is 0 Å². The van der Waals surface area contributed by atoms with Crippen molar-refractivity contribution in [3.63, 3.8) is 0 Å². The van der Waals surface area contributed by atoms with Crippen LogP contribution in [-0.2, 0) is 20.1 Å². The monoisotopic (exact) mass is 668 g/mol. The van der Waals surface area contributed by atoms with E-state index in [1.54, 1.807) is 12.4 Å². The van der Waals surface area contributed by atoms with Crippen LogP contribution in [0.1, 0.15) is 5.56 Å². The van der Waals surface area contributed by atoms with Crippen molar-refractivity contribution in [1.29, 1.82) is 0 Å². The summed E-state index contributed by atoms with van der Waals surface area (Å²) < 4.78 is 0. The van der Waals surface area contributed by atoms with E-state index in [9.17, 15) is 0 Å². The van der Waals surface area contributed by atoms with Gasteiger partial charge in [0.2, 0.25) is 0 Å². The largest absolute Gasteiger partial charge is 0.304 e. The number of benzene rings is 4. The summed E-state index contributed by atoms with van der Waals surface area (Å²) in [6, 6.07) is 44.9. The van der Waals surface area contributed by atoms with Gasteiger partial charge in [-0.25, -0.2) is 0 Å². The van der Waals surface area contributed by atoms with E-state index >= 15 is 0 Å². The summed E-state index contributed by atoms with van der Waals surface area (Å²) in [6.45, 7) is 2.09. The first-order valence-electron chi connectivity index (χ1n) is 12.1. The summed E-state index contributed by atoms with van der Waals surface area (Å²) in [6.07, 6.45) is 5.41. The molecule has 0 aliphatic rings. The second-order valence-electron chi connectivity index (χ2n) is 8.46. The summed E-state index contributed by atoms with van der Waals surface area (Å²) in [5.74, 6) is 0.704. The minimum Gasteiger partial charge on any atom is -0.304 e. The van der Waals surface area contributed by atoms with Gasteiger partial charge in [-0.15, -0.1) is 71.3 Å². The van der Waals surface area contributed by atoms with Crippen LogP contribution < -0.4 is 0 Å². The van der Waals surface area contributed by atoms with E-state index in [0.717, 1.165) is 22.4 Å². The molecule has 0 unspecified atom stereocenters. The first-order chi connectivity index (χ1) is 18.3. The summed E-state index contributed by atoms with van der Waals surface area (Å²) in [7, 11) is 0. The molecule has 1 radical (unpaired) electrons. The third-order valence-electron chi connectivity index (χ3n) is 5.89. The number of nitrogens with zero attached hydrogens (tertiary/aromatic N) is 3. The second kappa shape index (κ2) is 13.3. The molecule has 38 heavy (non-hydrogen) atoms. The average molecular weight is 668 g/mol. The number of rotatable bonds is 4. The Morgan fingerprint density at radius 1 is 0.553 bits per heavy atom. The van der Waals surface area contributed by atoms with Crippen molar-refractivity contribution in [3.8, 4) is 44.9 Å². The Labute approximate surface area is 237 Å². The molecule has 2 aromatic heterocycles. The van der Waals surface area contributed by atoms with Gasteiger partial charge < -0.3 is 4.98 Å². The molecule has 4 heteroatoms. The average Bonchev–Trinajstić information content (AvgIpc) is 3.00. The van der Waals surface area contributed by atoms with Crippen LogP contribution in [0.4, 0.5) is 0 Å². The fraction of sp³-hybridized carbons (Fsp3) is 0.0294. The van der Waals surface area contributed by atoms with Gasteiger partial charge in [0.05, 0.1) is 5.82 Å². The zero-order valence-electron chi connectivity index (χ0n) is 20.9. The summed E-state index contributed by atoms with van der Waals surface area (Å²) >= 11 is 0. The molecule has 0 bridgehead atoms. The van der Waals surface area contributed by atoms with Gasteiger partial charge in [-0.05, 0) is 40.9 Å². The molecule has 2 heterocycles. The molecule has 0 saturated heterocycles. The normalized spacial score (nSPS) is 10.0. The molecule has 0 aliphatic heterocycles. The maximum Gasteiger partial charge on any atom is 0.0748 e. The van der Waals surface area contributed by atoms with Gasteiger partial charge >= 0.3 is 0 Å². The predicted molar refractivity (Wildman–Crippen MR) is 150 cm³/mol. The molecule has 0 fully saturated rings. The van der Waals surface area contributed by atoms with Crippen LogP contribution in [0, 0.1) is 19.1 Å². The van der Waals surface area contributed by atoms with Crippen molar-refractivity contribution in [2.24, 2.45) is 0 Å². The number of hydrogen-bond acceptors (Lipinski definition) is 3. The van der Waals surface area contributed by atoms with Gasteiger partial charge in [0, 0.05) is 38.7 Å². The van der Waals surface area contributed by atoms with Gasteiger partial charge in [0.25, 0.3) is 0 Å². The topological polar surface area (TPSA) is 38.7 Å². The molecule has 0 spiro atoms. The van der Waals surface area contributed by atoms with Crippen molar-refractivity contribution >= 4 is 0 Å². The van der Waals surface area contributed by atoms with Crippen molar-refractivity contribution in [2.75, 3.05) is 0 Å². The fourth-order valence-electron chi connectivity index (χ4n) is 4.00. The van der Waals surface area contributed by atoms with Crippen LogP contribution in [0.15, 0.2) is 134 Å². The molecule has 187 valence electrons. The Hall–Kier alpha value is -4.24. The molecule has 4 aromatic carbocycles. The van der Waals surface area contributed by atoms with E-state index in [-0.39, 0.29) is 20.1 Å². The van der Waals surface area contributed by atoms with E-state index in [2.05, 4.69) is 82.5 Å². The van der Waals surface area contributed by atoms with E-state index in [1.807, 2.05) is 72.9 Å². The van der Waals surface area contributed by atoms with Gasteiger partial charge in [-0.1, -0.05) is 66.7 Å². The molecule has 6 rings (SSSR count). The summed E-state index contributed by atoms with van der Waals surface area (Å²) in [5, 5.41) is 0. The molecular weight excluding hydrogens is 643 g/mol. The van der Waals surface area contributed by atoms with Gasteiger partial charge in [0.15, 0.2) is 0 Å². The minimum absolute atomic E-state index is 0. The number of aromatic nitrogens is 3. The maximum absolute atomic E-state index is 4.50. The molecule has 0 atom stereocenters. The zero-order chi connectivity index (χ0) is 25.3.